The average Bonchev–Trinajstić information content (AvgIpc) is 2.88. The Morgan fingerprint density at radius 3 is 2.88 bits per heavy atom. The molecule has 1 N–H and O–H groups in total. The van der Waals surface area contributed by atoms with Crippen molar-refractivity contribution in [2.24, 2.45) is 0 Å². The second-order valence-corrected chi connectivity index (χ2v) is 5.87. The number of hydrogen-bond acceptors (Lipinski definition) is 4. The highest BCUT2D eigenvalue weighted by Crippen LogP contribution is 2.32. The van der Waals surface area contributed by atoms with E-state index < -0.39 is 17.9 Å². The molecule has 0 bridgehead atoms. The van der Waals surface area contributed by atoms with Crippen LogP contribution in [0.25, 0.3) is 0 Å². The van der Waals surface area contributed by atoms with Crippen molar-refractivity contribution in [2.75, 3.05) is 18.1 Å². The smallest absolute Gasteiger partial charge is 0.414 e. The molecule has 2 amide bonds. The van der Waals surface area contributed by atoms with Gasteiger partial charge >= 0.3 is 12.1 Å². The van der Waals surface area contributed by atoms with Crippen LogP contribution in [-0.4, -0.2) is 47.2 Å². The molecule has 1 aromatic carbocycles. The van der Waals surface area contributed by atoms with Gasteiger partial charge < -0.3 is 14.7 Å². The van der Waals surface area contributed by atoms with Crippen LogP contribution in [-0.2, 0) is 20.9 Å². The molecule has 2 heterocycles. The quantitative estimate of drug-likeness (QED) is 0.908. The van der Waals surface area contributed by atoms with Gasteiger partial charge in [-0.05, 0) is 24.1 Å². The summed E-state index contributed by atoms with van der Waals surface area (Å²) in [5.41, 5.74) is 1.03. The van der Waals surface area contributed by atoms with Crippen LogP contribution in [0.15, 0.2) is 18.2 Å². The van der Waals surface area contributed by atoms with Crippen molar-refractivity contribution >= 4 is 23.7 Å². The molecule has 1 atom stereocenters. The number of rotatable bonds is 3. The van der Waals surface area contributed by atoms with Crippen molar-refractivity contribution in [3.8, 4) is 0 Å². The summed E-state index contributed by atoms with van der Waals surface area (Å²) in [4.78, 5) is 37.9. The highest BCUT2D eigenvalue weighted by atomic mass is 19.1. The summed E-state index contributed by atoms with van der Waals surface area (Å²) in [6.45, 7) is 0.767. The Morgan fingerprint density at radius 2 is 2.12 bits per heavy atom. The molecule has 24 heavy (non-hydrogen) atoms. The number of ether oxygens (including phenoxy) is 1. The van der Waals surface area contributed by atoms with Gasteiger partial charge in [0.1, 0.15) is 12.4 Å². The van der Waals surface area contributed by atoms with Crippen molar-refractivity contribution in [3.63, 3.8) is 0 Å². The van der Waals surface area contributed by atoms with E-state index in [2.05, 4.69) is 0 Å². The Kier molecular flexibility index (Phi) is 4.37. The zero-order valence-electron chi connectivity index (χ0n) is 12.9. The van der Waals surface area contributed by atoms with Crippen LogP contribution < -0.4 is 4.90 Å². The van der Waals surface area contributed by atoms with Crippen LogP contribution in [0.1, 0.15) is 24.8 Å². The maximum Gasteiger partial charge on any atom is 0.414 e. The highest BCUT2D eigenvalue weighted by molar-refractivity contribution is 5.91. The van der Waals surface area contributed by atoms with E-state index in [0.717, 1.165) is 0 Å². The minimum Gasteiger partial charge on any atom is -0.481 e. The lowest BCUT2D eigenvalue weighted by Crippen LogP contribution is -2.42. The molecule has 1 fully saturated rings. The van der Waals surface area contributed by atoms with Gasteiger partial charge in [0.05, 0.1) is 18.2 Å². The van der Waals surface area contributed by atoms with E-state index in [-0.39, 0.29) is 37.9 Å². The van der Waals surface area contributed by atoms with Crippen LogP contribution in [0.2, 0.25) is 0 Å². The molecule has 0 aromatic heterocycles. The first kappa shape index (κ1) is 16.2. The fourth-order valence-corrected chi connectivity index (χ4v) is 3.04. The number of benzene rings is 1. The van der Waals surface area contributed by atoms with E-state index in [1.807, 2.05) is 0 Å². The summed E-state index contributed by atoms with van der Waals surface area (Å²) in [5, 5.41) is 8.73. The average molecular weight is 336 g/mol. The molecule has 0 unspecified atom stereocenters. The minimum absolute atomic E-state index is 0.0876. The third-order valence-corrected chi connectivity index (χ3v) is 4.27. The zero-order valence-corrected chi connectivity index (χ0v) is 12.9. The molecule has 2 aliphatic heterocycles. The summed E-state index contributed by atoms with van der Waals surface area (Å²) in [5.74, 6) is -1.78. The van der Waals surface area contributed by atoms with Crippen LogP contribution >= 0.6 is 0 Å². The fourth-order valence-electron chi connectivity index (χ4n) is 3.04. The molecule has 128 valence electrons. The van der Waals surface area contributed by atoms with E-state index in [9.17, 15) is 18.8 Å². The minimum atomic E-state index is -1.03. The normalized spacial score (nSPS) is 19.9. The second kappa shape index (κ2) is 6.46. The Hall–Kier alpha value is -2.64. The predicted molar refractivity (Wildman–Crippen MR) is 80.9 cm³/mol. The molecule has 1 aromatic rings. The largest absolute Gasteiger partial charge is 0.481 e. The number of carbonyl (C=O) groups excluding carboxylic acids is 2. The van der Waals surface area contributed by atoms with Gasteiger partial charge in [-0.2, -0.15) is 0 Å². The van der Waals surface area contributed by atoms with Crippen LogP contribution in [0, 0.1) is 5.82 Å². The van der Waals surface area contributed by atoms with E-state index in [0.29, 0.717) is 24.2 Å². The Balaban J connectivity index is 1.89. The number of aliphatic carboxylic acids is 1. The van der Waals surface area contributed by atoms with Crippen LogP contribution in [0.4, 0.5) is 14.9 Å². The number of carboxylic acids is 1. The zero-order chi connectivity index (χ0) is 17.3. The van der Waals surface area contributed by atoms with Crippen LogP contribution in [0.3, 0.4) is 0 Å². The standard InChI is InChI=1S/C16H17FN2O5/c17-11-2-1-10-8-18(14(20)3-4-15(21)22)6-5-12-9-24-16(23)19(12)13(10)7-11/h1-2,7,12H,3-6,8-9H2,(H,21,22)/t12-/m0/s1. The predicted octanol–water partition coefficient (Wildman–Crippen LogP) is 1.75. The summed E-state index contributed by atoms with van der Waals surface area (Å²) in [7, 11) is 0. The number of fused-ring (bicyclic) bond motifs is 3. The van der Waals surface area contributed by atoms with Crippen LogP contribution in [0.5, 0.6) is 0 Å². The summed E-state index contributed by atoms with van der Waals surface area (Å²) in [6, 6.07) is 3.81. The van der Waals surface area contributed by atoms with Gasteiger partial charge in [0, 0.05) is 19.5 Å². The van der Waals surface area contributed by atoms with Gasteiger partial charge in [-0.1, -0.05) is 6.07 Å². The molecular weight excluding hydrogens is 319 g/mol. The molecule has 2 aliphatic rings. The van der Waals surface area contributed by atoms with Gasteiger partial charge in [0.2, 0.25) is 5.91 Å². The lowest BCUT2D eigenvalue weighted by Gasteiger charge is -2.32. The summed E-state index contributed by atoms with van der Waals surface area (Å²) in [6.07, 6.45) is -0.351. The Labute approximate surface area is 137 Å². The highest BCUT2D eigenvalue weighted by Gasteiger charge is 2.37. The van der Waals surface area contributed by atoms with Gasteiger partial charge in [0.25, 0.3) is 0 Å². The van der Waals surface area contributed by atoms with Crippen molar-refractivity contribution in [3.05, 3.63) is 29.6 Å². The number of nitrogens with zero attached hydrogens (tertiary/aromatic N) is 2. The first-order valence-electron chi connectivity index (χ1n) is 7.69. The molecule has 0 aliphatic carbocycles. The van der Waals surface area contributed by atoms with E-state index >= 15 is 0 Å². The number of carbonyl (C=O) groups is 3. The van der Waals surface area contributed by atoms with Crippen molar-refractivity contribution in [1.82, 2.24) is 4.90 Å². The molecule has 0 saturated carbocycles. The topological polar surface area (TPSA) is 87.1 Å². The molecule has 0 spiro atoms. The first-order chi connectivity index (χ1) is 11.5. The molecule has 0 radical (unpaired) electrons. The SMILES string of the molecule is O=C(O)CCC(=O)N1CC[C@H]2COC(=O)N2c2cc(F)ccc2C1. The van der Waals surface area contributed by atoms with Gasteiger partial charge in [-0.15, -0.1) is 0 Å². The molecule has 8 heteroatoms. The van der Waals surface area contributed by atoms with E-state index in [4.69, 9.17) is 9.84 Å². The Morgan fingerprint density at radius 1 is 1.33 bits per heavy atom. The van der Waals surface area contributed by atoms with Gasteiger partial charge in [-0.3, -0.25) is 14.5 Å². The monoisotopic (exact) mass is 336 g/mol. The number of amides is 2. The lowest BCUT2D eigenvalue weighted by molar-refractivity contribution is -0.141. The number of cyclic esters (lactones) is 1. The maximum atomic E-state index is 13.7. The lowest BCUT2D eigenvalue weighted by atomic mass is 10.0. The van der Waals surface area contributed by atoms with Crippen molar-refractivity contribution in [1.29, 1.82) is 0 Å². The number of carboxylic acid groups (broad SMARTS) is 1. The van der Waals surface area contributed by atoms with Gasteiger partial charge in [0.15, 0.2) is 0 Å². The fraction of sp³-hybridized carbons (Fsp3) is 0.438. The maximum absolute atomic E-state index is 13.7. The van der Waals surface area contributed by atoms with E-state index in [1.165, 1.54) is 23.1 Å². The number of anilines is 1. The second-order valence-electron chi connectivity index (χ2n) is 5.87. The van der Waals surface area contributed by atoms with Gasteiger partial charge in [-0.25, -0.2) is 9.18 Å². The third kappa shape index (κ3) is 3.17. The number of halogens is 1. The first-order valence-corrected chi connectivity index (χ1v) is 7.69. The Bertz CT molecular complexity index is 693. The number of hydrogen-bond donors (Lipinski definition) is 1. The molecule has 7 nitrogen and oxygen atoms in total. The van der Waals surface area contributed by atoms with Crippen molar-refractivity contribution < 1.29 is 28.6 Å². The van der Waals surface area contributed by atoms with E-state index in [1.54, 1.807) is 4.90 Å². The molecule has 1 saturated heterocycles. The molecular formula is C16H17FN2O5. The van der Waals surface area contributed by atoms with Crippen molar-refractivity contribution in [2.45, 2.75) is 31.8 Å². The summed E-state index contributed by atoms with van der Waals surface area (Å²) >= 11 is 0. The summed E-state index contributed by atoms with van der Waals surface area (Å²) < 4.78 is 18.7. The molecule has 3 rings (SSSR count). The third-order valence-electron chi connectivity index (χ3n) is 4.27.